The van der Waals surface area contributed by atoms with Crippen molar-refractivity contribution in [2.75, 3.05) is 5.43 Å². The molecule has 3 aromatic carbocycles. The molecule has 0 radical (unpaired) electrons. The van der Waals surface area contributed by atoms with Gasteiger partial charge < -0.3 is 10.2 Å². The van der Waals surface area contributed by atoms with Crippen LogP contribution in [0.3, 0.4) is 0 Å². The molecule has 0 saturated carbocycles. The number of nitrogens with one attached hydrogen (secondary N) is 1. The van der Waals surface area contributed by atoms with Crippen LogP contribution in [0.2, 0.25) is 0 Å². The molecule has 0 amide bonds. The van der Waals surface area contributed by atoms with E-state index in [9.17, 15) is 14.3 Å². The highest BCUT2D eigenvalue weighted by atomic mass is 19.1. The molecule has 0 unspecified atom stereocenters. The summed E-state index contributed by atoms with van der Waals surface area (Å²) < 4.78 is 14.7. The van der Waals surface area contributed by atoms with E-state index in [0.29, 0.717) is 22.6 Å². The summed E-state index contributed by atoms with van der Waals surface area (Å²) in [5, 5.41) is 27.5. The second-order valence-corrected chi connectivity index (χ2v) is 6.65. The Labute approximate surface area is 176 Å². The Morgan fingerprint density at radius 3 is 2.32 bits per heavy atom. The van der Waals surface area contributed by atoms with Gasteiger partial charge in [0, 0.05) is 17.3 Å². The minimum Gasteiger partial charge on any atom is -0.508 e. The number of aromatic carboxylic acids is 1. The molecule has 0 bridgehead atoms. The topological polar surface area (TPSA) is 99.7 Å². The van der Waals surface area contributed by atoms with E-state index in [1.807, 2.05) is 0 Å². The van der Waals surface area contributed by atoms with Gasteiger partial charge in [-0.25, -0.2) is 13.9 Å². The van der Waals surface area contributed by atoms with Gasteiger partial charge in [0.1, 0.15) is 17.3 Å². The fourth-order valence-electron chi connectivity index (χ4n) is 2.92. The van der Waals surface area contributed by atoms with E-state index in [2.05, 4.69) is 15.6 Å². The molecule has 0 fully saturated rings. The van der Waals surface area contributed by atoms with Crippen molar-refractivity contribution >= 4 is 17.9 Å². The summed E-state index contributed by atoms with van der Waals surface area (Å²) in [6, 6.07) is 18.7. The number of aromatic nitrogens is 2. The first-order chi connectivity index (χ1) is 15.0. The number of hydrazone groups is 1. The zero-order valence-corrected chi connectivity index (χ0v) is 16.1. The molecule has 0 spiro atoms. The standard InChI is InChI=1S/C23H17FN4O3/c24-18-5-7-19(8-6-18)26-25-13-17-14-28(20-9-1-16(2-10-20)23(30)31)27-22(17)15-3-11-21(29)12-4-15/h1-14,26,29H,(H,30,31)/b25-13+. The molecular formula is C23H17FN4O3. The van der Waals surface area contributed by atoms with Gasteiger partial charge in [-0.05, 0) is 72.8 Å². The van der Waals surface area contributed by atoms with Gasteiger partial charge in [-0.1, -0.05) is 0 Å². The molecule has 8 heteroatoms. The van der Waals surface area contributed by atoms with Crippen molar-refractivity contribution in [3.8, 4) is 22.7 Å². The Morgan fingerprint density at radius 1 is 1.00 bits per heavy atom. The van der Waals surface area contributed by atoms with Gasteiger partial charge in [-0.15, -0.1) is 0 Å². The van der Waals surface area contributed by atoms with Crippen molar-refractivity contribution in [1.82, 2.24) is 9.78 Å². The Kier molecular flexibility index (Phi) is 5.44. The van der Waals surface area contributed by atoms with Crippen LogP contribution in [0, 0.1) is 5.82 Å². The Hall–Kier alpha value is -4.46. The third-order valence-corrected chi connectivity index (χ3v) is 4.50. The summed E-state index contributed by atoms with van der Waals surface area (Å²) in [7, 11) is 0. The smallest absolute Gasteiger partial charge is 0.335 e. The van der Waals surface area contributed by atoms with Gasteiger partial charge in [0.2, 0.25) is 0 Å². The summed E-state index contributed by atoms with van der Waals surface area (Å²) in [5.74, 6) is -1.20. The van der Waals surface area contributed by atoms with E-state index in [-0.39, 0.29) is 17.1 Å². The first kappa shape index (κ1) is 19.8. The van der Waals surface area contributed by atoms with Crippen molar-refractivity contribution < 1.29 is 19.4 Å². The summed E-state index contributed by atoms with van der Waals surface area (Å²) in [6.07, 6.45) is 3.34. The van der Waals surface area contributed by atoms with E-state index in [1.54, 1.807) is 65.6 Å². The van der Waals surface area contributed by atoms with E-state index < -0.39 is 5.97 Å². The average Bonchev–Trinajstić information content (AvgIpc) is 3.20. The van der Waals surface area contributed by atoms with Crippen LogP contribution in [0.4, 0.5) is 10.1 Å². The normalized spacial score (nSPS) is 11.0. The van der Waals surface area contributed by atoms with Gasteiger partial charge in [-0.3, -0.25) is 5.43 Å². The SMILES string of the molecule is O=C(O)c1ccc(-n2cc(/C=N/Nc3ccc(F)cc3)c(-c3ccc(O)cc3)n2)cc1. The van der Waals surface area contributed by atoms with Crippen LogP contribution in [-0.2, 0) is 0 Å². The van der Waals surface area contributed by atoms with Crippen LogP contribution in [0.1, 0.15) is 15.9 Å². The fourth-order valence-corrected chi connectivity index (χ4v) is 2.92. The molecular weight excluding hydrogens is 399 g/mol. The van der Waals surface area contributed by atoms with E-state index >= 15 is 0 Å². The molecule has 1 heterocycles. The highest BCUT2D eigenvalue weighted by Crippen LogP contribution is 2.25. The molecule has 0 atom stereocenters. The average molecular weight is 416 g/mol. The quantitative estimate of drug-likeness (QED) is 0.317. The Morgan fingerprint density at radius 2 is 1.68 bits per heavy atom. The van der Waals surface area contributed by atoms with E-state index in [4.69, 9.17) is 5.11 Å². The number of carboxylic acids is 1. The molecule has 3 N–H and O–H groups in total. The number of benzene rings is 3. The molecule has 4 aromatic rings. The van der Waals surface area contributed by atoms with Crippen LogP contribution in [0.5, 0.6) is 5.75 Å². The van der Waals surface area contributed by atoms with Crippen molar-refractivity contribution in [3.63, 3.8) is 0 Å². The lowest BCUT2D eigenvalue weighted by molar-refractivity contribution is 0.0697. The van der Waals surface area contributed by atoms with Gasteiger partial charge in [-0.2, -0.15) is 10.2 Å². The lowest BCUT2D eigenvalue weighted by atomic mass is 10.1. The number of aromatic hydroxyl groups is 1. The van der Waals surface area contributed by atoms with Crippen molar-refractivity contribution in [1.29, 1.82) is 0 Å². The number of hydrogen-bond donors (Lipinski definition) is 3. The predicted octanol–water partition coefficient (Wildman–Crippen LogP) is 4.53. The lowest BCUT2D eigenvalue weighted by Gasteiger charge is -2.02. The maximum Gasteiger partial charge on any atom is 0.335 e. The Bertz CT molecular complexity index is 1230. The number of rotatable bonds is 6. The number of phenols is 1. The van der Waals surface area contributed by atoms with Crippen LogP contribution < -0.4 is 5.43 Å². The monoisotopic (exact) mass is 416 g/mol. The number of anilines is 1. The summed E-state index contributed by atoms with van der Waals surface area (Å²) in [5.41, 5.74) is 6.39. The number of carboxylic acid groups (broad SMARTS) is 1. The largest absolute Gasteiger partial charge is 0.508 e. The van der Waals surface area contributed by atoms with Crippen LogP contribution in [0.15, 0.2) is 84.1 Å². The second kappa shape index (κ2) is 8.50. The third-order valence-electron chi connectivity index (χ3n) is 4.50. The van der Waals surface area contributed by atoms with E-state index in [1.165, 1.54) is 24.3 Å². The Balaban J connectivity index is 1.67. The molecule has 1 aromatic heterocycles. The molecule has 31 heavy (non-hydrogen) atoms. The van der Waals surface area contributed by atoms with Crippen molar-refractivity contribution in [3.05, 3.63) is 95.9 Å². The zero-order valence-electron chi connectivity index (χ0n) is 16.1. The molecule has 0 saturated heterocycles. The van der Waals surface area contributed by atoms with Gasteiger partial charge in [0.05, 0.1) is 23.2 Å². The molecule has 0 aliphatic carbocycles. The molecule has 4 rings (SSSR count). The van der Waals surface area contributed by atoms with Crippen LogP contribution in [-0.4, -0.2) is 32.2 Å². The lowest BCUT2D eigenvalue weighted by Crippen LogP contribution is -1.98. The molecule has 7 nitrogen and oxygen atoms in total. The molecule has 154 valence electrons. The number of hydrogen-bond acceptors (Lipinski definition) is 5. The summed E-state index contributed by atoms with van der Waals surface area (Å²) in [6.45, 7) is 0. The first-order valence-corrected chi connectivity index (χ1v) is 9.27. The fraction of sp³-hybridized carbons (Fsp3) is 0. The second-order valence-electron chi connectivity index (χ2n) is 6.65. The molecule has 0 aliphatic heterocycles. The molecule has 0 aliphatic rings. The maximum absolute atomic E-state index is 13.0. The highest BCUT2D eigenvalue weighted by Gasteiger charge is 2.12. The number of nitrogens with zero attached hydrogens (tertiary/aromatic N) is 3. The number of phenolic OH excluding ortho intramolecular Hbond substituents is 1. The summed E-state index contributed by atoms with van der Waals surface area (Å²) in [4.78, 5) is 11.1. The van der Waals surface area contributed by atoms with Crippen molar-refractivity contribution in [2.45, 2.75) is 0 Å². The third kappa shape index (κ3) is 4.59. The van der Waals surface area contributed by atoms with Gasteiger partial charge in [0.25, 0.3) is 0 Å². The highest BCUT2D eigenvalue weighted by molar-refractivity contribution is 5.89. The number of carbonyl (C=O) groups is 1. The summed E-state index contributed by atoms with van der Waals surface area (Å²) >= 11 is 0. The van der Waals surface area contributed by atoms with Gasteiger partial charge in [0.15, 0.2) is 0 Å². The van der Waals surface area contributed by atoms with Crippen LogP contribution in [0.25, 0.3) is 16.9 Å². The maximum atomic E-state index is 13.0. The minimum atomic E-state index is -1.00. The van der Waals surface area contributed by atoms with Crippen molar-refractivity contribution in [2.24, 2.45) is 5.10 Å². The number of halogens is 1. The predicted molar refractivity (Wildman–Crippen MR) is 115 cm³/mol. The first-order valence-electron chi connectivity index (χ1n) is 9.27. The zero-order chi connectivity index (χ0) is 21.8. The van der Waals surface area contributed by atoms with Crippen LogP contribution >= 0.6 is 0 Å². The van der Waals surface area contributed by atoms with Gasteiger partial charge >= 0.3 is 5.97 Å². The minimum absolute atomic E-state index is 0.139. The van der Waals surface area contributed by atoms with E-state index in [0.717, 1.165) is 5.56 Å².